The number of nitrogens with one attached hydrogen (secondary N) is 1. The predicted octanol–water partition coefficient (Wildman–Crippen LogP) is 2.84. The Bertz CT molecular complexity index is 312. The first kappa shape index (κ1) is 12.6. The second-order valence-corrected chi connectivity index (χ2v) is 5.06. The molecule has 1 aliphatic rings. The van der Waals surface area contributed by atoms with Crippen molar-refractivity contribution in [1.82, 2.24) is 5.32 Å². The molecule has 1 saturated heterocycles. The Balaban J connectivity index is 1.63. The highest BCUT2D eigenvalue weighted by Gasteiger charge is 2.20. The Morgan fingerprint density at radius 1 is 1.29 bits per heavy atom. The van der Waals surface area contributed by atoms with Crippen LogP contribution >= 0.6 is 0 Å². The predicted molar refractivity (Wildman–Crippen MR) is 70.9 cm³/mol. The van der Waals surface area contributed by atoms with E-state index in [4.69, 9.17) is 4.74 Å². The van der Waals surface area contributed by atoms with Gasteiger partial charge in [0.2, 0.25) is 0 Å². The molecule has 1 aromatic rings. The highest BCUT2D eigenvalue weighted by molar-refractivity contribution is 5.13. The Kier molecular flexibility index (Phi) is 5.02. The highest BCUT2D eigenvalue weighted by Crippen LogP contribution is 2.22. The lowest BCUT2D eigenvalue weighted by Gasteiger charge is -2.29. The lowest BCUT2D eigenvalue weighted by molar-refractivity contribution is 0.0934. The lowest BCUT2D eigenvalue weighted by atomic mass is 9.86. The van der Waals surface area contributed by atoms with E-state index < -0.39 is 0 Å². The largest absolute Gasteiger partial charge is 0.377 e. The molecular formula is C15H23NO. The van der Waals surface area contributed by atoms with Crippen LogP contribution in [0.2, 0.25) is 0 Å². The van der Waals surface area contributed by atoms with Gasteiger partial charge in [0, 0.05) is 6.61 Å². The fraction of sp³-hybridized carbons (Fsp3) is 0.600. The molecule has 0 radical (unpaired) electrons. The summed E-state index contributed by atoms with van der Waals surface area (Å²) in [6.45, 7) is 6.33. The molecule has 17 heavy (non-hydrogen) atoms. The Morgan fingerprint density at radius 3 is 2.88 bits per heavy atom. The first-order chi connectivity index (χ1) is 8.36. The van der Waals surface area contributed by atoms with Gasteiger partial charge in [-0.05, 0) is 43.3 Å². The summed E-state index contributed by atoms with van der Waals surface area (Å²) in [7, 11) is 0. The van der Waals surface area contributed by atoms with Gasteiger partial charge in [-0.1, -0.05) is 37.3 Å². The summed E-state index contributed by atoms with van der Waals surface area (Å²) in [6, 6.07) is 10.4. The minimum atomic E-state index is 0.750. The van der Waals surface area contributed by atoms with Gasteiger partial charge >= 0.3 is 0 Å². The van der Waals surface area contributed by atoms with Gasteiger partial charge < -0.3 is 10.1 Å². The van der Waals surface area contributed by atoms with Crippen molar-refractivity contribution in [2.75, 3.05) is 19.7 Å². The normalized spacial score (nSPS) is 24.8. The third-order valence-corrected chi connectivity index (χ3v) is 3.71. The summed E-state index contributed by atoms with van der Waals surface area (Å²) in [5.41, 5.74) is 1.27. The Morgan fingerprint density at radius 2 is 2.12 bits per heavy atom. The molecule has 0 saturated carbocycles. The quantitative estimate of drug-likeness (QED) is 0.790. The van der Waals surface area contributed by atoms with Gasteiger partial charge in [0.25, 0.3) is 0 Å². The average molecular weight is 233 g/mol. The van der Waals surface area contributed by atoms with Gasteiger partial charge in [-0.2, -0.15) is 0 Å². The van der Waals surface area contributed by atoms with E-state index >= 15 is 0 Å². The third kappa shape index (κ3) is 4.14. The minimum Gasteiger partial charge on any atom is -0.377 e. The van der Waals surface area contributed by atoms with Crippen LogP contribution in [-0.4, -0.2) is 19.7 Å². The van der Waals surface area contributed by atoms with Crippen LogP contribution in [0.1, 0.15) is 25.3 Å². The van der Waals surface area contributed by atoms with Gasteiger partial charge in [0.15, 0.2) is 0 Å². The number of hydrogen-bond donors (Lipinski definition) is 1. The molecule has 2 nitrogen and oxygen atoms in total. The molecule has 1 fully saturated rings. The summed E-state index contributed by atoms with van der Waals surface area (Å²) in [5, 5.41) is 3.44. The van der Waals surface area contributed by atoms with E-state index in [0.29, 0.717) is 0 Å². The second-order valence-electron chi connectivity index (χ2n) is 5.06. The van der Waals surface area contributed by atoms with E-state index in [-0.39, 0.29) is 0 Å². The summed E-state index contributed by atoms with van der Waals surface area (Å²) in [6.07, 6.45) is 2.51. The summed E-state index contributed by atoms with van der Waals surface area (Å²) in [4.78, 5) is 0. The molecule has 0 spiro atoms. The standard InChI is InChI=1S/C15H23NO/c1-13-11-16-9-7-15(13)8-10-17-12-14-5-3-2-4-6-14/h2-6,13,15-16H,7-12H2,1H3. The molecule has 2 unspecified atom stereocenters. The number of rotatable bonds is 5. The molecule has 1 aliphatic heterocycles. The second kappa shape index (κ2) is 6.77. The SMILES string of the molecule is CC1CNCCC1CCOCc1ccccc1. The number of ether oxygens (including phenoxy) is 1. The van der Waals surface area contributed by atoms with Crippen molar-refractivity contribution in [1.29, 1.82) is 0 Å². The topological polar surface area (TPSA) is 21.3 Å². The first-order valence-corrected chi connectivity index (χ1v) is 6.68. The molecule has 0 bridgehead atoms. The molecule has 0 aliphatic carbocycles. The van der Waals surface area contributed by atoms with Crippen molar-refractivity contribution >= 4 is 0 Å². The summed E-state index contributed by atoms with van der Waals surface area (Å²) < 4.78 is 5.75. The van der Waals surface area contributed by atoms with E-state index in [1.54, 1.807) is 0 Å². The maximum atomic E-state index is 5.75. The van der Waals surface area contributed by atoms with E-state index in [0.717, 1.165) is 25.0 Å². The van der Waals surface area contributed by atoms with E-state index in [1.807, 2.05) is 6.07 Å². The van der Waals surface area contributed by atoms with Crippen LogP contribution in [0.3, 0.4) is 0 Å². The number of piperidine rings is 1. The number of benzene rings is 1. The van der Waals surface area contributed by atoms with Crippen molar-refractivity contribution < 1.29 is 4.74 Å². The van der Waals surface area contributed by atoms with Crippen LogP contribution in [0.5, 0.6) is 0 Å². The molecule has 0 aromatic heterocycles. The Hall–Kier alpha value is -0.860. The fourth-order valence-corrected chi connectivity index (χ4v) is 2.50. The zero-order valence-electron chi connectivity index (χ0n) is 10.7. The van der Waals surface area contributed by atoms with Gasteiger partial charge in [-0.15, -0.1) is 0 Å². The van der Waals surface area contributed by atoms with Crippen LogP contribution < -0.4 is 5.32 Å². The molecule has 94 valence electrons. The Labute approximate surface area is 104 Å². The van der Waals surface area contributed by atoms with E-state index in [9.17, 15) is 0 Å². The molecular weight excluding hydrogens is 210 g/mol. The van der Waals surface area contributed by atoms with Gasteiger partial charge in [0.1, 0.15) is 0 Å². The summed E-state index contributed by atoms with van der Waals surface area (Å²) >= 11 is 0. The zero-order valence-corrected chi connectivity index (χ0v) is 10.7. The number of hydrogen-bond acceptors (Lipinski definition) is 2. The lowest BCUT2D eigenvalue weighted by Crippen LogP contribution is -2.35. The van der Waals surface area contributed by atoms with Gasteiger partial charge in [-0.25, -0.2) is 0 Å². The van der Waals surface area contributed by atoms with Crippen LogP contribution in [0.4, 0.5) is 0 Å². The van der Waals surface area contributed by atoms with E-state index in [2.05, 4.69) is 36.5 Å². The van der Waals surface area contributed by atoms with E-state index in [1.165, 1.54) is 31.5 Å². The fourth-order valence-electron chi connectivity index (χ4n) is 2.50. The van der Waals surface area contributed by atoms with Crippen LogP contribution in [0.25, 0.3) is 0 Å². The van der Waals surface area contributed by atoms with Crippen molar-refractivity contribution in [3.8, 4) is 0 Å². The first-order valence-electron chi connectivity index (χ1n) is 6.68. The summed E-state index contributed by atoms with van der Waals surface area (Å²) in [5.74, 6) is 1.64. The average Bonchev–Trinajstić information content (AvgIpc) is 2.38. The van der Waals surface area contributed by atoms with Crippen LogP contribution in [-0.2, 0) is 11.3 Å². The van der Waals surface area contributed by atoms with Crippen LogP contribution in [0, 0.1) is 11.8 Å². The van der Waals surface area contributed by atoms with Gasteiger partial charge in [0.05, 0.1) is 6.61 Å². The molecule has 0 amide bonds. The third-order valence-electron chi connectivity index (χ3n) is 3.71. The van der Waals surface area contributed by atoms with Crippen molar-refractivity contribution in [3.63, 3.8) is 0 Å². The van der Waals surface area contributed by atoms with Crippen molar-refractivity contribution in [2.45, 2.75) is 26.4 Å². The molecule has 1 aromatic carbocycles. The van der Waals surface area contributed by atoms with Crippen molar-refractivity contribution in [2.24, 2.45) is 11.8 Å². The smallest absolute Gasteiger partial charge is 0.0716 e. The minimum absolute atomic E-state index is 0.750. The molecule has 1 heterocycles. The highest BCUT2D eigenvalue weighted by atomic mass is 16.5. The molecule has 2 rings (SSSR count). The monoisotopic (exact) mass is 233 g/mol. The maximum absolute atomic E-state index is 5.75. The molecule has 2 atom stereocenters. The van der Waals surface area contributed by atoms with Gasteiger partial charge in [-0.3, -0.25) is 0 Å². The maximum Gasteiger partial charge on any atom is 0.0716 e. The molecule has 2 heteroatoms. The van der Waals surface area contributed by atoms with Crippen molar-refractivity contribution in [3.05, 3.63) is 35.9 Å². The molecule has 1 N–H and O–H groups in total. The van der Waals surface area contributed by atoms with Crippen LogP contribution in [0.15, 0.2) is 30.3 Å². The zero-order chi connectivity index (χ0) is 11.9.